The maximum atomic E-state index is 12.8. The Bertz CT molecular complexity index is 939. The summed E-state index contributed by atoms with van der Waals surface area (Å²) in [5.74, 6) is -0.523. The predicted octanol–water partition coefficient (Wildman–Crippen LogP) is 5.91. The summed E-state index contributed by atoms with van der Waals surface area (Å²) in [7, 11) is 0. The summed E-state index contributed by atoms with van der Waals surface area (Å²) in [5, 5.41) is 4.05. The van der Waals surface area contributed by atoms with Crippen molar-refractivity contribution in [2.45, 2.75) is 6.92 Å². The van der Waals surface area contributed by atoms with E-state index < -0.39 is 5.97 Å². The molecule has 0 saturated carbocycles. The quantitative estimate of drug-likeness (QED) is 0.280. The summed E-state index contributed by atoms with van der Waals surface area (Å²) in [6.45, 7) is 2.02. The first-order valence-corrected chi connectivity index (χ1v) is 10.4. The maximum Gasteiger partial charge on any atom is 0.341 e. The van der Waals surface area contributed by atoms with Gasteiger partial charge in [-0.2, -0.15) is 0 Å². The number of anilines is 2. The minimum Gasteiger partial charge on any atom is -0.462 e. The highest BCUT2D eigenvalue weighted by Crippen LogP contribution is 2.42. The summed E-state index contributed by atoms with van der Waals surface area (Å²) < 4.78 is 5.30. The Morgan fingerprint density at radius 3 is 2.26 bits per heavy atom. The van der Waals surface area contributed by atoms with Gasteiger partial charge in [0.1, 0.15) is 10.6 Å². The van der Waals surface area contributed by atoms with Gasteiger partial charge < -0.3 is 10.1 Å². The molecular weight excluding hydrogens is 426 g/mol. The number of ketones is 1. The Hall–Kier alpha value is -2.44. The summed E-state index contributed by atoms with van der Waals surface area (Å²) in [6, 6.07) is 19.0. The van der Waals surface area contributed by atoms with Gasteiger partial charge in [0.05, 0.1) is 16.8 Å². The number of nitrogens with one attached hydrogen (secondary N) is 1. The normalized spacial score (nSPS) is 10.4. The molecule has 0 aliphatic heterocycles. The minimum atomic E-state index is -0.445. The summed E-state index contributed by atoms with van der Waals surface area (Å²) >= 11 is 4.52. The number of rotatable bonds is 7. The Balaban J connectivity index is 2.21. The predicted molar refractivity (Wildman–Crippen MR) is 114 cm³/mol. The summed E-state index contributed by atoms with van der Waals surface area (Å²) in [6.07, 6.45) is 0. The molecule has 138 valence electrons. The van der Waals surface area contributed by atoms with Crippen molar-refractivity contribution in [3.05, 3.63) is 71.1 Å². The molecule has 1 N–H and O–H groups in total. The number of Topliss-reactive ketones (excluding diaryl/α,β-unsaturated/α-hetero) is 1. The Kier molecular flexibility index (Phi) is 6.42. The molecule has 1 heterocycles. The smallest absolute Gasteiger partial charge is 0.341 e. The number of thiophene rings is 1. The molecule has 0 radical (unpaired) electrons. The zero-order valence-electron chi connectivity index (χ0n) is 14.7. The molecular formula is C21H18BrNO3S. The van der Waals surface area contributed by atoms with Crippen LogP contribution in [-0.2, 0) is 4.74 Å². The monoisotopic (exact) mass is 443 g/mol. The van der Waals surface area contributed by atoms with E-state index in [9.17, 15) is 9.59 Å². The van der Waals surface area contributed by atoms with Crippen LogP contribution in [0.2, 0.25) is 0 Å². The van der Waals surface area contributed by atoms with E-state index in [1.54, 1.807) is 6.92 Å². The number of carbonyl (C=O) groups is 2. The van der Waals surface area contributed by atoms with Gasteiger partial charge in [0.25, 0.3) is 0 Å². The van der Waals surface area contributed by atoms with Gasteiger partial charge in [-0.15, -0.1) is 11.3 Å². The number of hydrogen-bond acceptors (Lipinski definition) is 5. The molecule has 3 aromatic rings. The van der Waals surface area contributed by atoms with Gasteiger partial charge >= 0.3 is 5.97 Å². The van der Waals surface area contributed by atoms with Crippen LogP contribution in [0.15, 0.2) is 60.7 Å². The van der Waals surface area contributed by atoms with Crippen LogP contribution in [0, 0.1) is 0 Å². The Morgan fingerprint density at radius 2 is 1.67 bits per heavy atom. The van der Waals surface area contributed by atoms with Crippen molar-refractivity contribution in [2.75, 3.05) is 17.3 Å². The maximum absolute atomic E-state index is 12.8. The zero-order chi connectivity index (χ0) is 19.2. The number of halogens is 1. The van der Waals surface area contributed by atoms with Crippen LogP contribution in [0.3, 0.4) is 0 Å². The topological polar surface area (TPSA) is 55.4 Å². The van der Waals surface area contributed by atoms with E-state index in [0.717, 1.165) is 11.3 Å². The van der Waals surface area contributed by atoms with Gasteiger partial charge in [-0.25, -0.2) is 4.79 Å². The van der Waals surface area contributed by atoms with Crippen LogP contribution in [0.25, 0.3) is 11.1 Å². The van der Waals surface area contributed by atoms with Crippen molar-refractivity contribution in [3.63, 3.8) is 0 Å². The number of ether oxygens (including phenoxy) is 1. The van der Waals surface area contributed by atoms with Crippen LogP contribution in [0.1, 0.15) is 27.0 Å². The fourth-order valence-corrected chi connectivity index (χ4v) is 4.34. The van der Waals surface area contributed by atoms with E-state index in [1.807, 2.05) is 60.7 Å². The number of hydrogen-bond donors (Lipinski definition) is 1. The first-order chi connectivity index (χ1) is 13.2. The van der Waals surface area contributed by atoms with Crippen LogP contribution in [0.4, 0.5) is 10.7 Å². The standard InChI is InChI=1S/C21H18BrNO3S/c1-2-26-21(25)18-17(14-9-5-3-6-10-14)19(16(24)13-22)27-20(18)23-15-11-7-4-8-12-15/h3-12,23H,2,13H2,1H3. The van der Waals surface area contributed by atoms with Crippen LogP contribution in [-0.4, -0.2) is 23.7 Å². The van der Waals surface area contributed by atoms with Gasteiger partial charge in [0.2, 0.25) is 0 Å². The molecule has 0 unspecified atom stereocenters. The van der Waals surface area contributed by atoms with E-state index in [-0.39, 0.29) is 17.7 Å². The van der Waals surface area contributed by atoms with Crippen molar-refractivity contribution >= 4 is 49.7 Å². The molecule has 0 saturated heterocycles. The second kappa shape index (κ2) is 8.97. The lowest BCUT2D eigenvalue weighted by atomic mass is 10.00. The van der Waals surface area contributed by atoms with Gasteiger partial charge in [-0.3, -0.25) is 4.79 Å². The lowest BCUT2D eigenvalue weighted by molar-refractivity contribution is 0.0529. The highest BCUT2D eigenvalue weighted by molar-refractivity contribution is 9.09. The molecule has 0 bridgehead atoms. The van der Waals surface area contributed by atoms with Crippen LogP contribution < -0.4 is 5.32 Å². The fraction of sp³-hybridized carbons (Fsp3) is 0.143. The van der Waals surface area contributed by atoms with Crippen molar-refractivity contribution in [2.24, 2.45) is 0 Å². The largest absolute Gasteiger partial charge is 0.462 e. The van der Waals surface area contributed by atoms with Gasteiger partial charge in [-0.05, 0) is 24.6 Å². The van der Waals surface area contributed by atoms with Gasteiger partial charge in [0, 0.05) is 11.3 Å². The third kappa shape index (κ3) is 4.28. The molecule has 0 atom stereocenters. The van der Waals surface area contributed by atoms with Gasteiger partial charge in [0.15, 0.2) is 5.78 Å². The van der Waals surface area contributed by atoms with Crippen molar-refractivity contribution < 1.29 is 14.3 Å². The fourth-order valence-electron chi connectivity index (χ4n) is 2.71. The first kappa shape index (κ1) is 19.3. The molecule has 0 aliphatic rings. The molecule has 6 heteroatoms. The molecule has 1 aromatic heterocycles. The molecule has 0 aliphatic carbocycles. The van der Waals surface area contributed by atoms with E-state index >= 15 is 0 Å². The number of alkyl halides is 1. The highest BCUT2D eigenvalue weighted by atomic mass is 79.9. The van der Waals surface area contributed by atoms with Crippen molar-refractivity contribution in [1.29, 1.82) is 0 Å². The Labute approximate surface area is 170 Å². The summed E-state index contributed by atoms with van der Waals surface area (Å²) in [5.41, 5.74) is 2.65. The molecule has 0 spiro atoms. The average Bonchev–Trinajstić information content (AvgIpc) is 3.08. The lowest BCUT2D eigenvalue weighted by Gasteiger charge is -2.10. The molecule has 27 heavy (non-hydrogen) atoms. The van der Waals surface area contributed by atoms with Crippen LogP contribution in [0.5, 0.6) is 0 Å². The van der Waals surface area contributed by atoms with E-state index in [1.165, 1.54) is 11.3 Å². The number of carbonyl (C=O) groups excluding carboxylic acids is 2. The lowest BCUT2D eigenvalue weighted by Crippen LogP contribution is -2.08. The van der Waals surface area contributed by atoms with E-state index in [2.05, 4.69) is 21.2 Å². The number of para-hydroxylation sites is 1. The third-order valence-corrected chi connectivity index (χ3v) is 5.51. The molecule has 0 fully saturated rings. The second-order valence-electron chi connectivity index (χ2n) is 5.64. The number of benzene rings is 2. The minimum absolute atomic E-state index is 0.0782. The number of esters is 1. The SMILES string of the molecule is CCOC(=O)c1c(Nc2ccccc2)sc(C(=O)CBr)c1-c1ccccc1. The molecule has 2 aromatic carbocycles. The average molecular weight is 444 g/mol. The van der Waals surface area contributed by atoms with Crippen LogP contribution >= 0.6 is 27.3 Å². The molecule has 4 nitrogen and oxygen atoms in total. The van der Waals surface area contributed by atoms with Crippen molar-refractivity contribution in [1.82, 2.24) is 0 Å². The summed E-state index contributed by atoms with van der Waals surface area (Å²) in [4.78, 5) is 25.9. The first-order valence-electron chi connectivity index (χ1n) is 8.46. The van der Waals surface area contributed by atoms with Crippen molar-refractivity contribution in [3.8, 4) is 11.1 Å². The Morgan fingerprint density at radius 1 is 1.04 bits per heavy atom. The van der Waals surface area contributed by atoms with E-state index in [0.29, 0.717) is 21.0 Å². The van der Waals surface area contributed by atoms with E-state index in [4.69, 9.17) is 4.74 Å². The van der Waals surface area contributed by atoms with Gasteiger partial charge in [-0.1, -0.05) is 64.5 Å². The highest BCUT2D eigenvalue weighted by Gasteiger charge is 2.28. The molecule has 0 amide bonds. The zero-order valence-corrected chi connectivity index (χ0v) is 17.1. The second-order valence-corrected chi connectivity index (χ2v) is 7.23. The molecule has 3 rings (SSSR count). The third-order valence-electron chi connectivity index (χ3n) is 3.86.